The molecule has 3 aromatic rings. The smallest absolute Gasteiger partial charge is 0.274 e. The van der Waals surface area contributed by atoms with E-state index in [0.717, 1.165) is 7.14 Å². The third-order valence-electron chi connectivity index (χ3n) is 3.42. The maximum atomic E-state index is 12.4. The molecule has 2 amide bonds. The molecule has 0 atom stereocenters. The summed E-state index contributed by atoms with van der Waals surface area (Å²) in [4.78, 5) is 28.9. The summed E-state index contributed by atoms with van der Waals surface area (Å²) in [5, 5.41) is 5.54. The van der Waals surface area contributed by atoms with Crippen LogP contribution in [0.4, 0.5) is 11.4 Å². The lowest BCUT2D eigenvalue weighted by Gasteiger charge is -2.07. The number of pyridine rings is 1. The van der Waals surface area contributed by atoms with Crippen LogP contribution in [0.3, 0.4) is 0 Å². The van der Waals surface area contributed by atoms with Crippen LogP contribution < -0.4 is 10.6 Å². The third-order valence-corrected chi connectivity index (χ3v) is 4.86. The molecule has 0 aliphatic rings. The molecule has 7 heteroatoms. The van der Waals surface area contributed by atoms with Crippen LogP contribution in [0.2, 0.25) is 0 Å². The summed E-state index contributed by atoms with van der Waals surface area (Å²) < 4.78 is 2.15. The van der Waals surface area contributed by atoms with Crippen molar-refractivity contribution in [3.63, 3.8) is 0 Å². The summed E-state index contributed by atoms with van der Waals surface area (Å²) in [6.07, 6.45) is 0. The van der Waals surface area contributed by atoms with Gasteiger partial charge in [-0.25, -0.2) is 4.98 Å². The Hall–Kier alpha value is -2.01. The van der Waals surface area contributed by atoms with Gasteiger partial charge in [-0.3, -0.25) is 9.59 Å². The Bertz CT molecular complexity index is 867. The van der Waals surface area contributed by atoms with Crippen molar-refractivity contribution < 1.29 is 9.59 Å². The fourth-order valence-corrected chi connectivity index (χ4v) is 2.86. The van der Waals surface area contributed by atoms with Crippen molar-refractivity contribution in [3.05, 3.63) is 85.3 Å². The first-order valence-electron chi connectivity index (χ1n) is 7.62. The highest BCUT2D eigenvalue weighted by Crippen LogP contribution is 2.14. The Morgan fingerprint density at radius 2 is 1.04 bits per heavy atom. The molecule has 0 spiro atoms. The molecule has 3 rings (SSSR count). The van der Waals surface area contributed by atoms with Gasteiger partial charge >= 0.3 is 0 Å². The van der Waals surface area contributed by atoms with Crippen molar-refractivity contribution in [1.82, 2.24) is 4.98 Å². The van der Waals surface area contributed by atoms with Crippen LogP contribution in [-0.4, -0.2) is 16.8 Å². The van der Waals surface area contributed by atoms with Crippen LogP contribution >= 0.6 is 45.2 Å². The zero-order valence-corrected chi connectivity index (χ0v) is 17.7. The lowest BCUT2D eigenvalue weighted by molar-refractivity contribution is 0.101. The zero-order valence-electron chi connectivity index (χ0n) is 13.4. The van der Waals surface area contributed by atoms with Crippen molar-refractivity contribution >= 4 is 68.4 Å². The molecule has 0 saturated heterocycles. The van der Waals surface area contributed by atoms with E-state index in [4.69, 9.17) is 0 Å². The second kappa shape index (κ2) is 8.58. The molecule has 1 aromatic heterocycles. The number of hydrogen-bond donors (Lipinski definition) is 2. The van der Waals surface area contributed by atoms with E-state index in [9.17, 15) is 9.59 Å². The highest BCUT2D eigenvalue weighted by Gasteiger charge is 2.13. The first-order chi connectivity index (χ1) is 12.5. The number of nitrogens with one attached hydrogen (secondary N) is 2. The number of hydrogen-bond acceptors (Lipinski definition) is 3. The monoisotopic (exact) mass is 569 g/mol. The molecule has 5 nitrogen and oxygen atoms in total. The summed E-state index contributed by atoms with van der Waals surface area (Å²) in [5.41, 5.74) is 1.70. The second-order valence-corrected chi connectivity index (χ2v) is 7.82. The molecular formula is C19H13I2N3O2. The number of rotatable bonds is 4. The molecule has 1 heterocycles. The number of halogens is 2. The molecule has 0 bridgehead atoms. The number of carbonyl (C=O) groups is 2. The lowest BCUT2D eigenvalue weighted by Crippen LogP contribution is -2.18. The van der Waals surface area contributed by atoms with E-state index in [-0.39, 0.29) is 23.2 Å². The van der Waals surface area contributed by atoms with Gasteiger partial charge < -0.3 is 10.6 Å². The average molecular weight is 569 g/mol. The van der Waals surface area contributed by atoms with E-state index in [0.29, 0.717) is 11.4 Å². The van der Waals surface area contributed by atoms with Crippen molar-refractivity contribution in [2.24, 2.45) is 0 Å². The molecule has 0 aliphatic carbocycles. The zero-order chi connectivity index (χ0) is 18.5. The standard InChI is InChI=1S/C19H13I2N3O2/c20-12-4-8-14(9-5-12)22-18(25)16-2-1-3-17(24-16)19(26)23-15-10-6-13(21)7-11-15/h1-11H,(H,22,25)(H,23,26). The van der Waals surface area contributed by atoms with E-state index >= 15 is 0 Å². The predicted molar refractivity (Wildman–Crippen MR) is 118 cm³/mol. The van der Waals surface area contributed by atoms with Gasteiger partial charge in [0, 0.05) is 18.5 Å². The van der Waals surface area contributed by atoms with E-state index < -0.39 is 0 Å². The summed E-state index contributed by atoms with van der Waals surface area (Å²) in [5.74, 6) is -0.731. The summed E-state index contributed by atoms with van der Waals surface area (Å²) in [7, 11) is 0. The topological polar surface area (TPSA) is 71.1 Å². The molecule has 130 valence electrons. The summed E-state index contributed by atoms with van der Waals surface area (Å²) in [6.45, 7) is 0. The van der Waals surface area contributed by atoms with Crippen LogP contribution in [-0.2, 0) is 0 Å². The first-order valence-corrected chi connectivity index (χ1v) is 9.78. The Kier molecular flexibility index (Phi) is 6.20. The molecule has 0 radical (unpaired) electrons. The number of nitrogens with zero attached hydrogens (tertiary/aromatic N) is 1. The quantitative estimate of drug-likeness (QED) is 0.444. The minimum absolute atomic E-state index is 0.179. The van der Waals surface area contributed by atoms with Crippen LogP contribution in [0.1, 0.15) is 21.0 Å². The Balaban J connectivity index is 1.72. The first kappa shape index (κ1) is 18.8. The second-order valence-electron chi connectivity index (χ2n) is 5.33. The van der Waals surface area contributed by atoms with Crippen LogP contribution in [0.5, 0.6) is 0 Å². The predicted octanol–water partition coefficient (Wildman–Crippen LogP) is 4.80. The van der Waals surface area contributed by atoms with Gasteiger partial charge in [0.1, 0.15) is 11.4 Å². The molecule has 0 saturated carbocycles. The van der Waals surface area contributed by atoms with Crippen LogP contribution in [0.15, 0.2) is 66.7 Å². The van der Waals surface area contributed by atoms with Gasteiger partial charge in [-0.05, 0) is 106 Å². The third kappa shape index (κ3) is 5.01. The Morgan fingerprint density at radius 3 is 1.42 bits per heavy atom. The number of anilines is 2. The molecule has 0 fully saturated rings. The van der Waals surface area contributed by atoms with E-state index in [1.165, 1.54) is 0 Å². The van der Waals surface area contributed by atoms with Gasteiger partial charge in [-0.1, -0.05) is 6.07 Å². The molecule has 26 heavy (non-hydrogen) atoms. The lowest BCUT2D eigenvalue weighted by atomic mass is 10.2. The maximum absolute atomic E-state index is 12.4. The number of aromatic nitrogens is 1. The SMILES string of the molecule is O=C(Nc1ccc(I)cc1)c1cccc(C(=O)Nc2ccc(I)cc2)n1. The van der Waals surface area contributed by atoms with Crippen LogP contribution in [0.25, 0.3) is 0 Å². The van der Waals surface area contributed by atoms with Crippen molar-refractivity contribution in [2.75, 3.05) is 10.6 Å². The fraction of sp³-hybridized carbons (Fsp3) is 0. The largest absolute Gasteiger partial charge is 0.321 e. The Morgan fingerprint density at radius 1 is 0.654 bits per heavy atom. The van der Waals surface area contributed by atoms with Crippen molar-refractivity contribution in [1.29, 1.82) is 0 Å². The molecule has 0 aliphatic heterocycles. The average Bonchev–Trinajstić information content (AvgIpc) is 2.65. The highest BCUT2D eigenvalue weighted by atomic mass is 127. The van der Waals surface area contributed by atoms with Gasteiger partial charge in [-0.2, -0.15) is 0 Å². The van der Waals surface area contributed by atoms with Gasteiger partial charge in [0.15, 0.2) is 0 Å². The van der Waals surface area contributed by atoms with Crippen LogP contribution in [0, 0.1) is 7.14 Å². The van der Waals surface area contributed by atoms with E-state index in [1.807, 2.05) is 48.5 Å². The minimum atomic E-state index is -0.366. The summed E-state index contributed by atoms with van der Waals surface area (Å²) in [6, 6.07) is 19.6. The minimum Gasteiger partial charge on any atom is -0.321 e. The van der Waals surface area contributed by atoms with Gasteiger partial charge in [0.05, 0.1) is 0 Å². The molecule has 2 N–H and O–H groups in total. The fourth-order valence-electron chi connectivity index (χ4n) is 2.14. The Labute approximate surface area is 177 Å². The number of carbonyl (C=O) groups excluding carboxylic acids is 2. The van der Waals surface area contributed by atoms with Gasteiger partial charge in [0.25, 0.3) is 11.8 Å². The molecule has 0 unspecified atom stereocenters. The normalized spacial score (nSPS) is 10.2. The molecular weight excluding hydrogens is 556 g/mol. The van der Waals surface area contributed by atoms with Crippen molar-refractivity contribution in [3.8, 4) is 0 Å². The van der Waals surface area contributed by atoms with E-state index in [1.54, 1.807) is 18.2 Å². The number of amides is 2. The van der Waals surface area contributed by atoms with Gasteiger partial charge in [0.2, 0.25) is 0 Å². The van der Waals surface area contributed by atoms with Gasteiger partial charge in [-0.15, -0.1) is 0 Å². The van der Waals surface area contributed by atoms with Crippen molar-refractivity contribution in [2.45, 2.75) is 0 Å². The molecule has 2 aromatic carbocycles. The summed E-state index contributed by atoms with van der Waals surface area (Å²) >= 11 is 4.39. The maximum Gasteiger partial charge on any atom is 0.274 e. The number of benzene rings is 2. The highest BCUT2D eigenvalue weighted by molar-refractivity contribution is 14.1. The van der Waals surface area contributed by atoms with E-state index in [2.05, 4.69) is 60.8 Å².